The highest BCUT2D eigenvalue weighted by atomic mass is 32.1. The lowest BCUT2D eigenvalue weighted by molar-refractivity contribution is 1.35. The Balaban J connectivity index is 2.41. The minimum atomic E-state index is -0.174. The standard InChI is InChI=1S/C11H6N3OS/c12-6-9(14-15)11-13-10(7-16-11)8-4-2-1-3-5-8/h1-5,7H/q-1. The number of thiazole rings is 1. The van der Waals surface area contributed by atoms with Crippen LogP contribution in [0.25, 0.3) is 22.4 Å². The predicted molar refractivity (Wildman–Crippen MR) is 65.1 cm³/mol. The monoisotopic (exact) mass is 228 g/mol. The third-order valence-corrected chi connectivity index (χ3v) is 2.82. The van der Waals surface area contributed by atoms with E-state index in [1.807, 2.05) is 30.3 Å². The lowest BCUT2D eigenvalue weighted by Crippen LogP contribution is -1.81. The van der Waals surface area contributed by atoms with Gasteiger partial charge in [-0.1, -0.05) is 30.3 Å². The summed E-state index contributed by atoms with van der Waals surface area (Å²) < 4.78 is 0. The molecule has 2 rings (SSSR count). The first-order valence-corrected chi connectivity index (χ1v) is 5.35. The Labute approximate surface area is 95.8 Å². The maximum Gasteiger partial charge on any atom is 0.162 e. The van der Waals surface area contributed by atoms with Gasteiger partial charge >= 0.3 is 0 Å². The van der Waals surface area contributed by atoms with Crippen molar-refractivity contribution in [2.24, 2.45) is 5.18 Å². The van der Waals surface area contributed by atoms with E-state index >= 15 is 0 Å². The normalized spacial score (nSPS) is 9.50. The zero-order chi connectivity index (χ0) is 11.4. The van der Waals surface area contributed by atoms with Crippen LogP contribution in [0.1, 0.15) is 5.01 Å². The van der Waals surface area contributed by atoms with Crippen LogP contribution in [0, 0.1) is 4.91 Å². The van der Waals surface area contributed by atoms with Crippen LogP contribution in [-0.4, -0.2) is 10.9 Å². The Bertz CT molecular complexity index is 556. The molecule has 0 atom stereocenters. The highest BCUT2D eigenvalue weighted by Gasteiger charge is 2.07. The van der Waals surface area contributed by atoms with Gasteiger partial charge in [-0.3, -0.25) is 0 Å². The summed E-state index contributed by atoms with van der Waals surface area (Å²) in [6, 6.07) is 9.55. The largest absolute Gasteiger partial charge is 0.761 e. The summed E-state index contributed by atoms with van der Waals surface area (Å²) in [6.07, 6.45) is 0. The molecule has 0 unspecified atom stereocenters. The number of hydrogen-bond donors (Lipinski definition) is 0. The second kappa shape index (κ2) is 4.61. The lowest BCUT2D eigenvalue weighted by atomic mass is 10.2. The van der Waals surface area contributed by atoms with Gasteiger partial charge in [0.1, 0.15) is 0 Å². The zero-order valence-corrected chi connectivity index (χ0v) is 8.94. The van der Waals surface area contributed by atoms with Gasteiger partial charge in [-0.25, -0.2) is 10.9 Å². The van der Waals surface area contributed by atoms with Crippen LogP contribution in [0.2, 0.25) is 0 Å². The molecule has 5 heteroatoms. The SMILES string of the molecule is [N-]=C=C(N=O)c1nc(-c2ccccc2)cs1. The average molecular weight is 228 g/mol. The van der Waals surface area contributed by atoms with E-state index in [4.69, 9.17) is 5.41 Å². The van der Waals surface area contributed by atoms with Gasteiger partial charge in [0, 0.05) is 10.9 Å². The molecule has 0 radical (unpaired) electrons. The number of rotatable bonds is 3. The van der Waals surface area contributed by atoms with Crippen molar-refractivity contribution < 1.29 is 0 Å². The maximum absolute atomic E-state index is 10.3. The fourth-order valence-electron chi connectivity index (χ4n) is 1.23. The first kappa shape index (κ1) is 10.4. The van der Waals surface area contributed by atoms with Gasteiger partial charge in [0.05, 0.1) is 5.69 Å². The third-order valence-electron chi connectivity index (χ3n) is 1.97. The second-order valence-electron chi connectivity index (χ2n) is 2.96. The molecule has 0 amide bonds. The van der Waals surface area contributed by atoms with Crippen molar-refractivity contribution >= 4 is 22.9 Å². The van der Waals surface area contributed by atoms with E-state index in [0.29, 0.717) is 5.01 Å². The van der Waals surface area contributed by atoms with Gasteiger partial charge < -0.3 is 5.41 Å². The molecule has 0 aliphatic rings. The van der Waals surface area contributed by atoms with E-state index in [0.717, 1.165) is 11.3 Å². The fraction of sp³-hybridized carbons (Fsp3) is 0. The van der Waals surface area contributed by atoms with Crippen LogP contribution in [0.15, 0.2) is 40.9 Å². The Morgan fingerprint density at radius 2 is 2.12 bits per heavy atom. The molecule has 0 bridgehead atoms. The summed E-state index contributed by atoms with van der Waals surface area (Å²) in [7, 11) is 0. The highest BCUT2D eigenvalue weighted by Crippen LogP contribution is 2.25. The predicted octanol–water partition coefficient (Wildman–Crippen LogP) is 3.16. The zero-order valence-electron chi connectivity index (χ0n) is 8.12. The summed E-state index contributed by atoms with van der Waals surface area (Å²) in [5, 5.41) is 13.4. The first-order chi connectivity index (χ1) is 7.85. The minimum Gasteiger partial charge on any atom is -0.761 e. The van der Waals surface area contributed by atoms with E-state index < -0.39 is 0 Å². The molecular formula is C11H6N3OS-. The summed E-state index contributed by atoms with van der Waals surface area (Å²) in [6.45, 7) is 0. The number of benzene rings is 1. The van der Waals surface area contributed by atoms with Gasteiger partial charge in [-0.05, 0) is 5.18 Å². The Hall–Kier alpha value is -2.10. The molecule has 0 saturated heterocycles. The van der Waals surface area contributed by atoms with Crippen LogP contribution < -0.4 is 0 Å². The van der Waals surface area contributed by atoms with Crippen molar-refractivity contribution in [2.75, 3.05) is 0 Å². The van der Waals surface area contributed by atoms with Crippen molar-refractivity contribution in [1.82, 2.24) is 4.98 Å². The van der Waals surface area contributed by atoms with E-state index in [-0.39, 0.29) is 5.70 Å². The Morgan fingerprint density at radius 1 is 1.38 bits per heavy atom. The first-order valence-electron chi connectivity index (χ1n) is 4.47. The molecule has 1 aromatic carbocycles. The van der Waals surface area contributed by atoms with Crippen LogP contribution in [0.3, 0.4) is 0 Å². The smallest absolute Gasteiger partial charge is 0.162 e. The van der Waals surface area contributed by atoms with E-state index in [9.17, 15) is 4.91 Å². The average Bonchev–Trinajstić information content (AvgIpc) is 2.81. The van der Waals surface area contributed by atoms with Crippen molar-refractivity contribution in [3.05, 3.63) is 51.0 Å². The molecule has 4 nitrogen and oxygen atoms in total. The lowest BCUT2D eigenvalue weighted by Gasteiger charge is -1.94. The molecule has 0 N–H and O–H groups in total. The molecule has 2 aromatic rings. The Kier molecular flexibility index (Phi) is 3.00. The number of hydrogen-bond acceptors (Lipinski definition) is 4. The van der Waals surface area contributed by atoms with Gasteiger partial charge in [-0.15, -0.1) is 16.2 Å². The minimum absolute atomic E-state index is 0.174. The van der Waals surface area contributed by atoms with Crippen LogP contribution in [0.5, 0.6) is 0 Å². The van der Waals surface area contributed by atoms with Gasteiger partial charge in [-0.2, -0.15) is 0 Å². The molecule has 1 heterocycles. The molecule has 0 aliphatic heterocycles. The van der Waals surface area contributed by atoms with Crippen molar-refractivity contribution in [1.29, 1.82) is 0 Å². The molecule has 0 aliphatic carbocycles. The molecule has 0 saturated carbocycles. The molecule has 0 fully saturated rings. The van der Waals surface area contributed by atoms with E-state index in [1.165, 1.54) is 11.3 Å². The Morgan fingerprint density at radius 3 is 2.75 bits per heavy atom. The van der Waals surface area contributed by atoms with Gasteiger partial charge in [0.25, 0.3) is 0 Å². The van der Waals surface area contributed by atoms with Gasteiger partial charge in [0.2, 0.25) is 0 Å². The van der Waals surface area contributed by atoms with Crippen molar-refractivity contribution in [2.45, 2.75) is 0 Å². The number of nitroso groups, excluding NO2 is 1. The van der Waals surface area contributed by atoms with Crippen LogP contribution in [-0.2, 0) is 0 Å². The maximum atomic E-state index is 10.3. The number of nitrogens with zero attached hydrogens (tertiary/aromatic N) is 3. The van der Waals surface area contributed by atoms with Gasteiger partial charge in [0.15, 0.2) is 10.7 Å². The molecule has 78 valence electrons. The highest BCUT2D eigenvalue weighted by molar-refractivity contribution is 7.11. The molecule has 1 aromatic heterocycles. The van der Waals surface area contributed by atoms with Crippen LogP contribution in [0.4, 0.5) is 0 Å². The quantitative estimate of drug-likeness (QED) is 0.598. The van der Waals surface area contributed by atoms with Crippen molar-refractivity contribution in [3.8, 4) is 11.3 Å². The van der Waals surface area contributed by atoms with Crippen molar-refractivity contribution in [3.63, 3.8) is 0 Å². The summed E-state index contributed by atoms with van der Waals surface area (Å²) >= 11 is 1.24. The molecule has 0 spiro atoms. The summed E-state index contributed by atoms with van der Waals surface area (Å²) in [4.78, 5) is 14.5. The second-order valence-corrected chi connectivity index (χ2v) is 3.81. The summed E-state index contributed by atoms with van der Waals surface area (Å²) in [5.41, 5.74) is 1.53. The summed E-state index contributed by atoms with van der Waals surface area (Å²) in [5.74, 6) is 1.72. The fourth-order valence-corrected chi connectivity index (χ4v) is 1.99. The third kappa shape index (κ3) is 1.95. The van der Waals surface area contributed by atoms with E-state index in [1.54, 1.807) is 11.2 Å². The number of aromatic nitrogens is 1. The molecule has 16 heavy (non-hydrogen) atoms. The molecular weight excluding hydrogens is 222 g/mol. The topological polar surface area (TPSA) is 64.6 Å². The van der Waals surface area contributed by atoms with Crippen LogP contribution >= 0.6 is 11.3 Å². The van der Waals surface area contributed by atoms with E-state index in [2.05, 4.69) is 10.2 Å².